The van der Waals surface area contributed by atoms with Crippen LogP contribution in [0.4, 0.5) is 5.69 Å². The lowest BCUT2D eigenvalue weighted by atomic mass is 10.2. The van der Waals surface area contributed by atoms with Gasteiger partial charge in [-0.15, -0.1) is 0 Å². The zero-order chi connectivity index (χ0) is 15.8. The highest BCUT2D eigenvalue weighted by Crippen LogP contribution is 2.12. The summed E-state index contributed by atoms with van der Waals surface area (Å²) in [5, 5.41) is 0. The normalized spacial score (nSPS) is 10.8. The molecule has 0 unspecified atom stereocenters. The highest BCUT2D eigenvalue weighted by molar-refractivity contribution is 5.94. The largest absolute Gasteiger partial charge is 0.465 e. The van der Waals surface area contributed by atoms with Gasteiger partial charge in [0.25, 0.3) is 0 Å². The first kappa shape index (κ1) is 17.2. The van der Waals surface area contributed by atoms with Crippen LogP contribution in [0.25, 0.3) is 0 Å². The maximum atomic E-state index is 12.3. The molecular formula is C16H24N2O3. The van der Waals surface area contributed by atoms with Gasteiger partial charge in [-0.2, -0.15) is 0 Å². The number of ether oxygens (including phenoxy) is 1. The third kappa shape index (κ3) is 5.55. The van der Waals surface area contributed by atoms with E-state index in [-0.39, 0.29) is 31.0 Å². The summed E-state index contributed by atoms with van der Waals surface area (Å²) in [5.74, 6) is -0.361. The van der Waals surface area contributed by atoms with E-state index in [4.69, 9.17) is 4.74 Å². The Bertz CT molecular complexity index is 460. The molecule has 0 N–H and O–H groups in total. The quantitative estimate of drug-likeness (QED) is 0.721. The van der Waals surface area contributed by atoms with Gasteiger partial charge in [-0.3, -0.25) is 14.5 Å². The van der Waals surface area contributed by atoms with Crippen molar-refractivity contribution in [1.29, 1.82) is 0 Å². The summed E-state index contributed by atoms with van der Waals surface area (Å²) in [5.41, 5.74) is 0.836. The van der Waals surface area contributed by atoms with Crippen molar-refractivity contribution in [2.24, 2.45) is 0 Å². The molecule has 1 aromatic carbocycles. The fraction of sp³-hybridized carbons (Fsp3) is 0.500. The lowest BCUT2D eigenvalue weighted by Crippen LogP contribution is -2.44. The number of anilines is 1. The lowest BCUT2D eigenvalue weighted by molar-refractivity contribution is -0.145. The summed E-state index contributed by atoms with van der Waals surface area (Å²) >= 11 is 0. The molecule has 21 heavy (non-hydrogen) atoms. The minimum atomic E-state index is -0.304. The van der Waals surface area contributed by atoms with Crippen molar-refractivity contribution in [3.63, 3.8) is 0 Å². The van der Waals surface area contributed by atoms with E-state index in [2.05, 4.69) is 0 Å². The average Bonchev–Trinajstić information content (AvgIpc) is 2.46. The number of amides is 1. The van der Waals surface area contributed by atoms with Gasteiger partial charge in [-0.1, -0.05) is 18.2 Å². The zero-order valence-electron chi connectivity index (χ0n) is 13.2. The molecule has 0 spiro atoms. The Morgan fingerprint density at radius 3 is 2.29 bits per heavy atom. The van der Waals surface area contributed by atoms with Crippen LogP contribution in [-0.2, 0) is 14.3 Å². The Labute approximate surface area is 126 Å². The van der Waals surface area contributed by atoms with Gasteiger partial charge < -0.3 is 9.64 Å². The number of esters is 1. The monoisotopic (exact) mass is 292 g/mol. The van der Waals surface area contributed by atoms with Crippen molar-refractivity contribution in [1.82, 2.24) is 4.90 Å². The summed E-state index contributed by atoms with van der Waals surface area (Å²) in [6.45, 7) is 6.33. The smallest absolute Gasteiger partial charge is 0.320 e. The molecular weight excluding hydrogens is 268 g/mol. The number of nitrogens with zero attached hydrogens (tertiary/aromatic N) is 2. The molecule has 0 aliphatic rings. The maximum Gasteiger partial charge on any atom is 0.320 e. The number of hydrogen-bond acceptors (Lipinski definition) is 4. The number of rotatable bonds is 7. The molecule has 0 saturated heterocycles. The molecule has 0 aromatic heterocycles. The second-order valence-corrected chi connectivity index (χ2v) is 5.09. The van der Waals surface area contributed by atoms with Gasteiger partial charge in [0.1, 0.15) is 0 Å². The third-order valence-corrected chi connectivity index (χ3v) is 3.22. The highest BCUT2D eigenvalue weighted by Gasteiger charge is 2.20. The molecule has 0 aliphatic carbocycles. The number of hydrogen-bond donors (Lipinski definition) is 0. The van der Waals surface area contributed by atoms with Crippen molar-refractivity contribution in [3.05, 3.63) is 30.3 Å². The third-order valence-electron chi connectivity index (χ3n) is 3.22. The molecule has 0 aliphatic heterocycles. The van der Waals surface area contributed by atoms with E-state index in [1.54, 1.807) is 23.8 Å². The molecule has 116 valence electrons. The second-order valence-electron chi connectivity index (χ2n) is 5.09. The van der Waals surface area contributed by atoms with Gasteiger partial charge in [0.2, 0.25) is 5.91 Å². The van der Waals surface area contributed by atoms with Crippen molar-refractivity contribution in [3.8, 4) is 0 Å². The molecule has 0 radical (unpaired) electrons. The molecule has 0 bridgehead atoms. The van der Waals surface area contributed by atoms with Crippen molar-refractivity contribution < 1.29 is 14.3 Å². The maximum absolute atomic E-state index is 12.3. The standard InChI is InChI=1S/C16H24N2O3/c1-5-21-16(20)12-18(13(2)3)11-15(19)17(4)14-9-7-6-8-10-14/h6-10,13H,5,11-12H2,1-4H3. The Morgan fingerprint density at radius 2 is 1.76 bits per heavy atom. The molecule has 0 saturated carbocycles. The van der Waals surface area contributed by atoms with E-state index in [0.717, 1.165) is 5.69 Å². The SMILES string of the molecule is CCOC(=O)CN(CC(=O)N(C)c1ccccc1)C(C)C. The molecule has 0 fully saturated rings. The molecule has 1 aromatic rings. The van der Waals surface area contributed by atoms with Gasteiger partial charge in [-0.25, -0.2) is 0 Å². The van der Waals surface area contributed by atoms with Crippen LogP contribution in [0.5, 0.6) is 0 Å². The fourth-order valence-corrected chi connectivity index (χ4v) is 1.87. The number of carbonyl (C=O) groups excluding carboxylic acids is 2. The number of para-hydroxylation sites is 1. The van der Waals surface area contributed by atoms with Gasteiger partial charge in [0.15, 0.2) is 0 Å². The van der Waals surface area contributed by atoms with E-state index < -0.39 is 0 Å². The summed E-state index contributed by atoms with van der Waals surface area (Å²) in [6.07, 6.45) is 0. The Kier molecular flexibility index (Phi) is 6.88. The molecule has 1 amide bonds. The van der Waals surface area contributed by atoms with Crippen molar-refractivity contribution in [2.75, 3.05) is 31.6 Å². The van der Waals surface area contributed by atoms with E-state index in [1.807, 2.05) is 44.2 Å². The number of benzene rings is 1. The predicted octanol–water partition coefficient (Wildman–Crippen LogP) is 1.92. The second kappa shape index (κ2) is 8.42. The predicted molar refractivity (Wildman–Crippen MR) is 83.2 cm³/mol. The minimum absolute atomic E-state index is 0.0563. The van der Waals surface area contributed by atoms with Crippen LogP contribution < -0.4 is 4.90 Å². The van der Waals surface area contributed by atoms with Crippen LogP contribution in [0.15, 0.2) is 30.3 Å². The number of likely N-dealkylation sites (N-methyl/N-ethyl adjacent to an activating group) is 1. The molecule has 0 atom stereocenters. The molecule has 5 heteroatoms. The van der Waals surface area contributed by atoms with Gasteiger partial charge >= 0.3 is 5.97 Å². The van der Waals surface area contributed by atoms with Gasteiger partial charge in [0.05, 0.1) is 19.7 Å². The Morgan fingerprint density at radius 1 is 1.14 bits per heavy atom. The highest BCUT2D eigenvalue weighted by atomic mass is 16.5. The van der Waals surface area contributed by atoms with Crippen LogP contribution in [0, 0.1) is 0 Å². The van der Waals surface area contributed by atoms with Crippen LogP contribution in [0.3, 0.4) is 0 Å². The average molecular weight is 292 g/mol. The van der Waals surface area contributed by atoms with Crippen LogP contribution in [0.2, 0.25) is 0 Å². The van der Waals surface area contributed by atoms with Gasteiger partial charge in [-0.05, 0) is 32.9 Å². The first-order valence-electron chi connectivity index (χ1n) is 7.17. The van der Waals surface area contributed by atoms with Crippen LogP contribution in [0.1, 0.15) is 20.8 Å². The summed E-state index contributed by atoms with van der Waals surface area (Å²) in [7, 11) is 1.74. The summed E-state index contributed by atoms with van der Waals surface area (Å²) in [4.78, 5) is 27.3. The summed E-state index contributed by atoms with van der Waals surface area (Å²) < 4.78 is 4.94. The molecule has 0 heterocycles. The summed E-state index contributed by atoms with van der Waals surface area (Å²) in [6, 6.07) is 9.52. The van der Waals surface area contributed by atoms with Crippen molar-refractivity contribution >= 4 is 17.6 Å². The lowest BCUT2D eigenvalue weighted by Gasteiger charge is -2.27. The topological polar surface area (TPSA) is 49.9 Å². The molecule has 1 rings (SSSR count). The minimum Gasteiger partial charge on any atom is -0.465 e. The van der Waals surface area contributed by atoms with E-state index >= 15 is 0 Å². The van der Waals surface area contributed by atoms with E-state index in [1.165, 1.54) is 0 Å². The first-order chi connectivity index (χ1) is 9.95. The number of carbonyl (C=O) groups is 2. The first-order valence-corrected chi connectivity index (χ1v) is 7.17. The van der Waals surface area contributed by atoms with Gasteiger partial charge in [0, 0.05) is 18.8 Å². The van der Waals surface area contributed by atoms with Crippen molar-refractivity contribution in [2.45, 2.75) is 26.8 Å². The Hall–Kier alpha value is -1.88. The van der Waals surface area contributed by atoms with Crippen LogP contribution in [-0.4, -0.2) is 49.6 Å². The Balaban J connectivity index is 2.66. The fourth-order valence-electron chi connectivity index (χ4n) is 1.87. The van der Waals surface area contributed by atoms with E-state index in [9.17, 15) is 9.59 Å². The van der Waals surface area contributed by atoms with Crippen LogP contribution >= 0.6 is 0 Å². The zero-order valence-corrected chi connectivity index (χ0v) is 13.2. The molecule has 5 nitrogen and oxygen atoms in total. The van der Waals surface area contributed by atoms with E-state index in [0.29, 0.717) is 6.61 Å².